The second-order valence-corrected chi connectivity index (χ2v) is 2.14. The molecule has 0 aliphatic carbocycles. The molecule has 1 heterocycles. The molecular weight excluding hydrogens is 150 g/mol. The van der Waals surface area contributed by atoms with Gasteiger partial charge in [0.1, 0.15) is 0 Å². The standard InChI is InChI=1S/C6H7NO4/c1-3-4(5(8)9)6(10)11-7(3)2/h1-2H3,(H,8,9). The van der Waals surface area contributed by atoms with Crippen molar-refractivity contribution in [2.24, 2.45) is 7.05 Å². The summed E-state index contributed by atoms with van der Waals surface area (Å²) >= 11 is 0. The number of carboxylic acids is 1. The summed E-state index contributed by atoms with van der Waals surface area (Å²) in [5.74, 6) is -1.25. The molecule has 0 bridgehead atoms. The van der Waals surface area contributed by atoms with Crippen LogP contribution < -0.4 is 5.63 Å². The van der Waals surface area contributed by atoms with Gasteiger partial charge in [-0.15, -0.1) is 0 Å². The Hall–Kier alpha value is -1.52. The summed E-state index contributed by atoms with van der Waals surface area (Å²) in [5.41, 5.74) is -0.785. The van der Waals surface area contributed by atoms with E-state index in [0.29, 0.717) is 5.69 Å². The minimum Gasteiger partial charge on any atom is -0.477 e. The monoisotopic (exact) mass is 157 g/mol. The average Bonchev–Trinajstić information content (AvgIpc) is 2.07. The van der Waals surface area contributed by atoms with Crippen LogP contribution in [-0.4, -0.2) is 15.8 Å². The highest BCUT2D eigenvalue weighted by molar-refractivity contribution is 5.88. The fourth-order valence-corrected chi connectivity index (χ4v) is 0.786. The lowest BCUT2D eigenvalue weighted by atomic mass is 10.3. The number of hydrogen-bond donors (Lipinski definition) is 1. The molecule has 1 aromatic heterocycles. The maximum Gasteiger partial charge on any atom is 0.372 e. The lowest BCUT2D eigenvalue weighted by Gasteiger charge is -1.90. The van der Waals surface area contributed by atoms with E-state index in [1.165, 1.54) is 14.0 Å². The number of carbonyl (C=O) groups is 1. The van der Waals surface area contributed by atoms with E-state index in [2.05, 4.69) is 4.52 Å². The molecule has 1 N–H and O–H groups in total. The topological polar surface area (TPSA) is 72.4 Å². The van der Waals surface area contributed by atoms with Crippen LogP contribution in [0.4, 0.5) is 0 Å². The van der Waals surface area contributed by atoms with Crippen LogP contribution in [0, 0.1) is 6.92 Å². The first kappa shape index (κ1) is 7.59. The van der Waals surface area contributed by atoms with Crippen molar-refractivity contribution < 1.29 is 14.4 Å². The van der Waals surface area contributed by atoms with Gasteiger partial charge >= 0.3 is 11.6 Å². The van der Waals surface area contributed by atoms with Gasteiger partial charge in [0.25, 0.3) is 0 Å². The van der Waals surface area contributed by atoms with Gasteiger partial charge in [0.2, 0.25) is 0 Å². The zero-order valence-electron chi connectivity index (χ0n) is 6.12. The Morgan fingerprint density at radius 1 is 1.64 bits per heavy atom. The fraction of sp³-hybridized carbons (Fsp3) is 0.333. The van der Waals surface area contributed by atoms with Crippen molar-refractivity contribution in [3.05, 3.63) is 21.7 Å². The zero-order valence-corrected chi connectivity index (χ0v) is 6.12. The van der Waals surface area contributed by atoms with E-state index in [1.807, 2.05) is 0 Å². The Labute approximate surface area is 61.8 Å². The Kier molecular flexibility index (Phi) is 1.56. The molecule has 0 atom stereocenters. The lowest BCUT2D eigenvalue weighted by Crippen LogP contribution is -2.09. The predicted octanol–water partition coefficient (Wildman–Crippen LogP) is -0.0151. The van der Waals surface area contributed by atoms with Crippen LogP contribution in [0.15, 0.2) is 9.32 Å². The van der Waals surface area contributed by atoms with Crippen LogP contribution in [-0.2, 0) is 7.05 Å². The van der Waals surface area contributed by atoms with Crippen LogP contribution in [0.2, 0.25) is 0 Å². The maximum absolute atomic E-state index is 10.7. The lowest BCUT2D eigenvalue weighted by molar-refractivity contribution is 0.0693. The largest absolute Gasteiger partial charge is 0.477 e. The van der Waals surface area contributed by atoms with E-state index in [0.717, 1.165) is 4.74 Å². The molecule has 0 radical (unpaired) electrons. The minimum absolute atomic E-state index is 0.299. The highest BCUT2D eigenvalue weighted by atomic mass is 16.5. The summed E-state index contributed by atoms with van der Waals surface area (Å²) in [6.07, 6.45) is 0. The fourth-order valence-electron chi connectivity index (χ4n) is 0.786. The molecule has 1 rings (SSSR count). The number of aromatic carboxylic acids is 1. The maximum atomic E-state index is 10.7. The molecule has 0 amide bonds. The number of aromatic nitrogens is 1. The summed E-state index contributed by atoms with van der Waals surface area (Å²) < 4.78 is 5.62. The third-order valence-corrected chi connectivity index (χ3v) is 1.47. The summed E-state index contributed by atoms with van der Waals surface area (Å²) in [7, 11) is 1.48. The van der Waals surface area contributed by atoms with E-state index < -0.39 is 11.6 Å². The molecule has 0 aromatic carbocycles. The minimum atomic E-state index is -1.25. The summed E-state index contributed by atoms with van der Waals surface area (Å²) in [6.45, 7) is 1.51. The molecule has 0 spiro atoms. The number of carboxylic acid groups (broad SMARTS) is 1. The number of hydrogen-bond acceptors (Lipinski definition) is 3. The van der Waals surface area contributed by atoms with Crippen LogP contribution >= 0.6 is 0 Å². The molecule has 5 nitrogen and oxygen atoms in total. The van der Waals surface area contributed by atoms with E-state index in [4.69, 9.17) is 5.11 Å². The molecular formula is C6H7NO4. The number of rotatable bonds is 1. The van der Waals surface area contributed by atoms with E-state index in [-0.39, 0.29) is 5.56 Å². The molecule has 0 fully saturated rings. The van der Waals surface area contributed by atoms with Crippen LogP contribution in [0.25, 0.3) is 0 Å². The first-order valence-electron chi connectivity index (χ1n) is 2.94. The van der Waals surface area contributed by atoms with E-state index >= 15 is 0 Å². The van der Waals surface area contributed by atoms with Gasteiger partial charge in [-0.05, 0) is 6.92 Å². The summed E-state index contributed by atoms with van der Waals surface area (Å²) in [6, 6.07) is 0. The highest BCUT2D eigenvalue weighted by Gasteiger charge is 2.17. The average molecular weight is 157 g/mol. The van der Waals surface area contributed by atoms with Crippen molar-refractivity contribution in [2.75, 3.05) is 0 Å². The Bertz CT molecular complexity index is 346. The van der Waals surface area contributed by atoms with Crippen molar-refractivity contribution in [1.29, 1.82) is 0 Å². The second kappa shape index (κ2) is 2.26. The molecule has 11 heavy (non-hydrogen) atoms. The number of aryl methyl sites for hydroxylation is 1. The smallest absolute Gasteiger partial charge is 0.372 e. The predicted molar refractivity (Wildman–Crippen MR) is 35.6 cm³/mol. The molecule has 0 unspecified atom stereocenters. The molecule has 60 valence electrons. The van der Waals surface area contributed by atoms with Gasteiger partial charge in [0.05, 0.1) is 5.69 Å². The van der Waals surface area contributed by atoms with E-state index in [1.54, 1.807) is 0 Å². The molecule has 5 heteroatoms. The van der Waals surface area contributed by atoms with E-state index in [9.17, 15) is 9.59 Å². The summed E-state index contributed by atoms with van der Waals surface area (Å²) in [4.78, 5) is 21.1. The Balaban J connectivity index is 3.46. The third-order valence-electron chi connectivity index (χ3n) is 1.47. The Morgan fingerprint density at radius 2 is 2.18 bits per heavy atom. The first-order chi connectivity index (χ1) is 5.04. The highest BCUT2D eigenvalue weighted by Crippen LogP contribution is 2.00. The first-order valence-corrected chi connectivity index (χ1v) is 2.94. The van der Waals surface area contributed by atoms with Crippen molar-refractivity contribution in [2.45, 2.75) is 6.92 Å². The molecule has 0 saturated carbocycles. The van der Waals surface area contributed by atoms with Gasteiger partial charge < -0.3 is 9.63 Å². The normalized spacial score (nSPS) is 10.0. The van der Waals surface area contributed by atoms with Gasteiger partial charge in [-0.25, -0.2) is 14.3 Å². The van der Waals surface area contributed by atoms with Crippen LogP contribution in [0.5, 0.6) is 0 Å². The van der Waals surface area contributed by atoms with Crippen molar-refractivity contribution in [3.8, 4) is 0 Å². The van der Waals surface area contributed by atoms with Gasteiger partial charge in [-0.1, -0.05) is 0 Å². The zero-order chi connectivity index (χ0) is 8.59. The number of nitrogens with zero attached hydrogens (tertiary/aromatic N) is 1. The van der Waals surface area contributed by atoms with Gasteiger partial charge in [0, 0.05) is 7.05 Å². The van der Waals surface area contributed by atoms with Crippen molar-refractivity contribution in [1.82, 2.24) is 4.74 Å². The Morgan fingerprint density at radius 3 is 2.36 bits per heavy atom. The molecule has 0 saturated heterocycles. The summed E-state index contributed by atoms with van der Waals surface area (Å²) in [5, 5.41) is 8.49. The van der Waals surface area contributed by atoms with Gasteiger partial charge in [-0.2, -0.15) is 0 Å². The van der Waals surface area contributed by atoms with Gasteiger partial charge in [0.15, 0.2) is 5.56 Å². The SMILES string of the molecule is Cc1c(C(=O)O)c(=O)on1C. The van der Waals surface area contributed by atoms with Crippen LogP contribution in [0.3, 0.4) is 0 Å². The molecule has 0 aliphatic rings. The van der Waals surface area contributed by atoms with Crippen LogP contribution in [0.1, 0.15) is 16.1 Å². The third kappa shape index (κ3) is 1.04. The molecule has 0 aliphatic heterocycles. The van der Waals surface area contributed by atoms with Gasteiger partial charge in [-0.3, -0.25) is 0 Å². The second-order valence-electron chi connectivity index (χ2n) is 2.14. The van der Waals surface area contributed by atoms with Crippen molar-refractivity contribution >= 4 is 5.97 Å². The quantitative estimate of drug-likeness (QED) is 0.622. The van der Waals surface area contributed by atoms with Crippen molar-refractivity contribution in [3.63, 3.8) is 0 Å². The molecule has 1 aromatic rings.